The summed E-state index contributed by atoms with van der Waals surface area (Å²) >= 11 is 0. The summed E-state index contributed by atoms with van der Waals surface area (Å²) in [5, 5.41) is 2.94. The van der Waals surface area contributed by atoms with Crippen LogP contribution in [0.15, 0.2) is 60.7 Å². The van der Waals surface area contributed by atoms with Gasteiger partial charge in [0.15, 0.2) is 0 Å². The van der Waals surface area contributed by atoms with Gasteiger partial charge in [-0.3, -0.25) is 4.79 Å². The first-order chi connectivity index (χ1) is 12.4. The lowest BCUT2D eigenvalue weighted by molar-refractivity contribution is -0.147. The number of amides is 1. The topological polar surface area (TPSA) is 55.4 Å². The first-order valence-electron chi connectivity index (χ1n) is 8.95. The highest BCUT2D eigenvalue weighted by molar-refractivity contribution is 5.94. The van der Waals surface area contributed by atoms with Gasteiger partial charge in [-0.15, -0.1) is 0 Å². The summed E-state index contributed by atoms with van der Waals surface area (Å²) < 4.78 is 4.91. The molecule has 0 unspecified atom stereocenters. The lowest BCUT2D eigenvalue weighted by Gasteiger charge is -2.32. The molecule has 0 aromatic heterocycles. The quantitative estimate of drug-likeness (QED) is 0.772. The van der Waals surface area contributed by atoms with Gasteiger partial charge in [-0.2, -0.15) is 0 Å². The molecule has 1 N–H and O–H groups in total. The van der Waals surface area contributed by atoms with Gasteiger partial charge in [-0.25, -0.2) is 4.79 Å². The molecule has 2 aromatic rings. The number of benzene rings is 2. The molecule has 2 rings (SSSR count). The Hall–Kier alpha value is -2.62. The smallest absolute Gasteiger partial charge is 0.328 e. The Labute approximate surface area is 155 Å². The van der Waals surface area contributed by atoms with Crippen LogP contribution in [-0.4, -0.2) is 25.0 Å². The van der Waals surface area contributed by atoms with Crippen LogP contribution in [-0.2, 0) is 19.7 Å². The monoisotopic (exact) mass is 353 g/mol. The highest BCUT2D eigenvalue weighted by atomic mass is 16.5. The van der Waals surface area contributed by atoms with Crippen molar-refractivity contribution in [2.24, 2.45) is 5.92 Å². The van der Waals surface area contributed by atoms with Crippen LogP contribution in [0.4, 0.5) is 0 Å². The summed E-state index contributed by atoms with van der Waals surface area (Å²) in [6, 6.07) is 18.5. The van der Waals surface area contributed by atoms with Crippen LogP contribution in [0.3, 0.4) is 0 Å². The maximum absolute atomic E-state index is 13.4. The number of rotatable bonds is 7. The Morgan fingerprint density at radius 2 is 1.46 bits per heavy atom. The largest absolute Gasteiger partial charge is 0.467 e. The lowest BCUT2D eigenvalue weighted by Crippen LogP contribution is -2.52. The number of esters is 1. The van der Waals surface area contributed by atoms with Gasteiger partial charge >= 0.3 is 5.97 Å². The van der Waals surface area contributed by atoms with Crippen LogP contribution < -0.4 is 5.32 Å². The van der Waals surface area contributed by atoms with E-state index in [2.05, 4.69) is 5.32 Å². The molecule has 0 saturated heterocycles. The van der Waals surface area contributed by atoms with Gasteiger partial charge in [0.25, 0.3) is 0 Å². The normalized spacial score (nSPS) is 13.5. The van der Waals surface area contributed by atoms with Crippen molar-refractivity contribution < 1.29 is 14.3 Å². The number of carbonyl (C=O) groups excluding carboxylic acids is 2. The van der Waals surface area contributed by atoms with Crippen molar-refractivity contribution >= 4 is 11.9 Å². The van der Waals surface area contributed by atoms with Gasteiger partial charge < -0.3 is 10.1 Å². The van der Waals surface area contributed by atoms with Crippen molar-refractivity contribution in [1.29, 1.82) is 0 Å². The molecule has 0 fully saturated rings. The van der Waals surface area contributed by atoms with E-state index in [1.807, 2.05) is 81.4 Å². The highest BCUT2D eigenvalue weighted by Crippen LogP contribution is 2.32. The minimum Gasteiger partial charge on any atom is -0.467 e. The molecule has 4 heteroatoms. The fourth-order valence-corrected chi connectivity index (χ4v) is 3.05. The second-order valence-electron chi connectivity index (χ2n) is 6.72. The minimum atomic E-state index is -0.914. The zero-order valence-electron chi connectivity index (χ0n) is 15.9. The molecule has 0 saturated carbocycles. The van der Waals surface area contributed by atoms with Crippen LogP contribution in [0.2, 0.25) is 0 Å². The van der Waals surface area contributed by atoms with Crippen molar-refractivity contribution in [2.75, 3.05) is 7.11 Å². The third-order valence-electron chi connectivity index (χ3n) is 5.11. The van der Waals surface area contributed by atoms with Crippen molar-refractivity contribution in [3.05, 3.63) is 71.8 Å². The van der Waals surface area contributed by atoms with Crippen molar-refractivity contribution in [2.45, 2.75) is 38.6 Å². The molecule has 2 aromatic carbocycles. The average Bonchev–Trinajstić information content (AvgIpc) is 2.71. The summed E-state index contributed by atoms with van der Waals surface area (Å²) in [4.78, 5) is 25.6. The fourth-order valence-electron chi connectivity index (χ4n) is 3.05. The molecule has 0 heterocycles. The van der Waals surface area contributed by atoms with Crippen molar-refractivity contribution in [3.63, 3.8) is 0 Å². The molecule has 4 nitrogen and oxygen atoms in total. The van der Waals surface area contributed by atoms with E-state index in [4.69, 9.17) is 4.74 Å². The van der Waals surface area contributed by atoms with E-state index >= 15 is 0 Å². The van der Waals surface area contributed by atoms with E-state index < -0.39 is 17.4 Å². The number of hydrogen-bond acceptors (Lipinski definition) is 3. The third-order valence-corrected chi connectivity index (χ3v) is 5.11. The van der Waals surface area contributed by atoms with Gasteiger partial charge in [-0.05, 0) is 24.0 Å². The van der Waals surface area contributed by atoms with E-state index in [-0.39, 0.29) is 11.8 Å². The van der Waals surface area contributed by atoms with Crippen molar-refractivity contribution in [1.82, 2.24) is 5.32 Å². The second-order valence-corrected chi connectivity index (χ2v) is 6.72. The lowest BCUT2D eigenvalue weighted by atomic mass is 9.75. The zero-order chi connectivity index (χ0) is 19.2. The number of nitrogens with one attached hydrogen (secondary N) is 1. The highest BCUT2D eigenvalue weighted by Gasteiger charge is 2.40. The zero-order valence-corrected chi connectivity index (χ0v) is 15.9. The second kappa shape index (κ2) is 8.65. The average molecular weight is 353 g/mol. The molecule has 1 amide bonds. The third kappa shape index (κ3) is 3.96. The predicted octanol–water partition coefficient (Wildman–Crippen LogP) is 3.70. The summed E-state index contributed by atoms with van der Waals surface area (Å²) in [7, 11) is 1.34. The first-order valence-corrected chi connectivity index (χ1v) is 8.95. The van der Waals surface area contributed by atoms with E-state index in [9.17, 15) is 9.59 Å². The molecular formula is C22H27NO3. The van der Waals surface area contributed by atoms with Crippen LogP contribution in [0.1, 0.15) is 38.3 Å². The van der Waals surface area contributed by atoms with Gasteiger partial charge in [0.1, 0.15) is 6.04 Å². The molecule has 138 valence electrons. The van der Waals surface area contributed by atoms with Crippen LogP contribution in [0.25, 0.3) is 0 Å². The molecule has 0 bridgehead atoms. The standard InChI is InChI=1S/C22H27NO3/c1-5-16(2)19(20(24)26-4)23-21(25)22(3,17-12-8-6-9-13-17)18-14-10-7-11-15-18/h6-16,19H,5H2,1-4H3,(H,23,25)/t16-,19+/m0/s1. The Morgan fingerprint density at radius 3 is 1.85 bits per heavy atom. The Kier molecular flexibility index (Phi) is 6.56. The number of hydrogen-bond donors (Lipinski definition) is 1. The van der Waals surface area contributed by atoms with Gasteiger partial charge in [0.2, 0.25) is 5.91 Å². The molecule has 0 radical (unpaired) electrons. The fraction of sp³-hybridized carbons (Fsp3) is 0.364. The molecule has 0 aliphatic heterocycles. The summed E-state index contributed by atoms with van der Waals surface area (Å²) in [5.41, 5.74) is 0.829. The Bertz CT molecular complexity index is 688. The van der Waals surface area contributed by atoms with E-state index in [1.165, 1.54) is 7.11 Å². The Balaban J connectivity index is 2.46. The van der Waals surface area contributed by atoms with E-state index in [0.29, 0.717) is 0 Å². The van der Waals surface area contributed by atoms with Crippen LogP contribution in [0, 0.1) is 5.92 Å². The SMILES string of the molecule is CC[C@H](C)[C@@H](NC(=O)C(C)(c1ccccc1)c1ccccc1)C(=O)OC. The maximum atomic E-state index is 13.4. The number of ether oxygens (including phenoxy) is 1. The van der Waals surface area contributed by atoms with Crippen molar-refractivity contribution in [3.8, 4) is 0 Å². The first kappa shape index (κ1) is 19.7. The molecule has 0 aliphatic carbocycles. The summed E-state index contributed by atoms with van der Waals surface area (Å²) in [5.74, 6) is -0.663. The van der Waals surface area contributed by atoms with E-state index in [1.54, 1.807) is 0 Å². The van der Waals surface area contributed by atoms with Gasteiger partial charge in [0.05, 0.1) is 12.5 Å². The molecular weight excluding hydrogens is 326 g/mol. The molecule has 26 heavy (non-hydrogen) atoms. The number of methoxy groups -OCH3 is 1. The van der Waals surface area contributed by atoms with Crippen LogP contribution >= 0.6 is 0 Å². The number of carbonyl (C=O) groups is 2. The van der Waals surface area contributed by atoms with Crippen LogP contribution in [0.5, 0.6) is 0 Å². The summed E-state index contributed by atoms with van der Waals surface area (Å²) in [6.07, 6.45) is 0.757. The Morgan fingerprint density at radius 1 is 1.00 bits per heavy atom. The molecule has 0 spiro atoms. The predicted molar refractivity (Wildman–Crippen MR) is 103 cm³/mol. The van der Waals surface area contributed by atoms with Gasteiger partial charge in [0, 0.05) is 0 Å². The molecule has 0 aliphatic rings. The maximum Gasteiger partial charge on any atom is 0.328 e. The summed E-state index contributed by atoms with van der Waals surface area (Å²) in [6.45, 7) is 5.81. The minimum absolute atomic E-state index is 0.0257. The van der Waals surface area contributed by atoms with E-state index in [0.717, 1.165) is 17.5 Å². The van der Waals surface area contributed by atoms with Gasteiger partial charge in [-0.1, -0.05) is 80.9 Å². The molecule has 2 atom stereocenters.